The molecule has 1 atom stereocenters. The third-order valence-corrected chi connectivity index (χ3v) is 4.08. The Bertz CT molecular complexity index is 248. The Morgan fingerprint density at radius 2 is 1.44 bits per heavy atom. The number of allylic oxidation sites excluding steroid dienone is 2. The standard InChI is InChI=1S/C15H24O/c16-15-9-5-4-8-14(12-15)11-10-13-6-2-1-3-7-13/h10-11,13-14H,1-9,12H2/b11-10+/t14-/m1/s1. The van der Waals surface area contributed by atoms with Gasteiger partial charge < -0.3 is 0 Å². The highest BCUT2D eigenvalue weighted by molar-refractivity contribution is 5.79. The van der Waals surface area contributed by atoms with Crippen LogP contribution in [0.1, 0.15) is 64.2 Å². The molecule has 0 radical (unpaired) electrons. The first kappa shape index (κ1) is 11.9. The highest BCUT2D eigenvalue weighted by atomic mass is 16.1. The van der Waals surface area contributed by atoms with E-state index < -0.39 is 0 Å². The summed E-state index contributed by atoms with van der Waals surface area (Å²) in [6.07, 6.45) is 17.0. The van der Waals surface area contributed by atoms with Gasteiger partial charge in [0.15, 0.2) is 0 Å². The Labute approximate surface area is 99.3 Å². The van der Waals surface area contributed by atoms with Crippen molar-refractivity contribution in [3.63, 3.8) is 0 Å². The number of ketones is 1. The highest BCUT2D eigenvalue weighted by Gasteiger charge is 2.16. The summed E-state index contributed by atoms with van der Waals surface area (Å²) in [6.45, 7) is 0. The molecule has 1 heteroatoms. The molecule has 2 fully saturated rings. The molecule has 0 aromatic heterocycles. The molecule has 0 aliphatic heterocycles. The van der Waals surface area contributed by atoms with E-state index in [-0.39, 0.29) is 0 Å². The van der Waals surface area contributed by atoms with Gasteiger partial charge in [-0.3, -0.25) is 4.79 Å². The molecule has 2 aliphatic rings. The lowest BCUT2D eigenvalue weighted by Crippen LogP contribution is -2.05. The average Bonchev–Trinajstić information content (AvgIpc) is 2.52. The third kappa shape index (κ3) is 3.77. The van der Waals surface area contributed by atoms with E-state index in [1.54, 1.807) is 0 Å². The van der Waals surface area contributed by atoms with Crippen LogP contribution in [0.25, 0.3) is 0 Å². The summed E-state index contributed by atoms with van der Waals surface area (Å²) in [5.41, 5.74) is 0. The molecular formula is C15H24O. The molecule has 2 saturated carbocycles. The average molecular weight is 220 g/mol. The molecule has 2 rings (SSSR count). The van der Waals surface area contributed by atoms with Gasteiger partial charge in [-0.15, -0.1) is 0 Å². The monoisotopic (exact) mass is 220 g/mol. The summed E-state index contributed by atoms with van der Waals surface area (Å²) < 4.78 is 0. The number of carbonyl (C=O) groups excluding carboxylic acids is 1. The van der Waals surface area contributed by atoms with E-state index in [9.17, 15) is 4.79 Å². The van der Waals surface area contributed by atoms with Crippen LogP contribution >= 0.6 is 0 Å². The fourth-order valence-corrected chi connectivity index (χ4v) is 3.03. The summed E-state index contributed by atoms with van der Waals surface area (Å²) in [4.78, 5) is 11.5. The van der Waals surface area contributed by atoms with Crippen molar-refractivity contribution in [1.29, 1.82) is 0 Å². The molecule has 0 unspecified atom stereocenters. The van der Waals surface area contributed by atoms with Gasteiger partial charge >= 0.3 is 0 Å². The summed E-state index contributed by atoms with van der Waals surface area (Å²) in [6, 6.07) is 0. The summed E-state index contributed by atoms with van der Waals surface area (Å²) in [7, 11) is 0. The van der Waals surface area contributed by atoms with Gasteiger partial charge in [0.25, 0.3) is 0 Å². The molecule has 0 amide bonds. The second-order valence-electron chi connectivity index (χ2n) is 5.53. The third-order valence-electron chi connectivity index (χ3n) is 4.08. The Morgan fingerprint density at radius 3 is 2.25 bits per heavy atom. The maximum atomic E-state index is 11.5. The molecule has 0 aromatic carbocycles. The van der Waals surface area contributed by atoms with Crippen LogP contribution in [0.15, 0.2) is 12.2 Å². The quantitative estimate of drug-likeness (QED) is 0.501. The summed E-state index contributed by atoms with van der Waals surface area (Å²) in [5.74, 6) is 1.85. The van der Waals surface area contributed by atoms with Crippen LogP contribution in [0.4, 0.5) is 0 Å². The largest absolute Gasteiger partial charge is 0.300 e. The van der Waals surface area contributed by atoms with Gasteiger partial charge in [-0.2, -0.15) is 0 Å². The van der Waals surface area contributed by atoms with E-state index in [4.69, 9.17) is 0 Å². The fourth-order valence-electron chi connectivity index (χ4n) is 3.03. The molecule has 0 N–H and O–H groups in total. The molecule has 0 heterocycles. The number of hydrogen-bond donors (Lipinski definition) is 0. The topological polar surface area (TPSA) is 17.1 Å². The van der Waals surface area contributed by atoms with Crippen molar-refractivity contribution in [1.82, 2.24) is 0 Å². The second-order valence-corrected chi connectivity index (χ2v) is 5.53. The van der Waals surface area contributed by atoms with E-state index in [2.05, 4.69) is 12.2 Å². The first-order valence-electron chi connectivity index (χ1n) is 7.04. The second kappa shape index (κ2) is 6.22. The Balaban J connectivity index is 1.81. The van der Waals surface area contributed by atoms with Crippen LogP contribution in [-0.2, 0) is 4.79 Å². The predicted molar refractivity (Wildman–Crippen MR) is 67.3 cm³/mol. The van der Waals surface area contributed by atoms with E-state index in [1.165, 1.54) is 44.9 Å². The molecular weight excluding hydrogens is 196 g/mol. The molecule has 0 aromatic rings. The van der Waals surface area contributed by atoms with E-state index in [0.717, 1.165) is 25.2 Å². The molecule has 1 nitrogen and oxygen atoms in total. The molecule has 2 aliphatic carbocycles. The van der Waals surface area contributed by atoms with Crippen molar-refractivity contribution in [3.8, 4) is 0 Å². The highest BCUT2D eigenvalue weighted by Crippen LogP contribution is 2.27. The molecule has 0 bridgehead atoms. The normalized spacial score (nSPS) is 29.5. The maximum Gasteiger partial charge on any atom is 0.133 e. The van der Waals surface area contributed by atoms with Gasteiger partial charge in [0, 0.05) is 12.8 Å². The minimum atomic E-state index is 0.482. The smallest absolute Gasteiger partial charge is 0.133 e. The Hall–Kier alpha value is -0.590. The lowest BCUT2D eigenvalue weighted by molar-refractivity contribution is -0.119. The zero-order valence-electron chi connectivity index (χ0n) is 10.3. The maximum absolute atomic E-state index is 11.5. The van der Waals surface area contributed by atoms with Crippen LogP contribution in [-0.4, -0.2) is 5.78 Å². The van der Waals surface area contributed by atoms with E-state index in [0.29, 0.717) is 11.7 Å². The van der Waals surface area contributed by atoms with E-state index in [1.807, 2.05) is 0 Å². The first-order valence-corrected chi connectivity index (χ1v) is 7.04. The minimum Gasteiger partial charge on any atom is -0.300 e. The van der Waals surface area contributed by atoms with Crippen molar-refractivity contribution >= 4 is 5.78 Å². The van der Waals surface area contributed by atoms with Gasteiger partial charge in [-0.05, 0) is 37.5 Å². The van der Waals surface area contributed by atoms with Crippen LogP contribution in [0.3, 0.4) is 0 Å². The fraction of sp³-hybridized carbons (Fsp3) is 0.800. The van der Waals surface area contributed by atoms with Crippen molar-refractivity contribution in [2.45, 2.75) is 64.2 Å². The van der Waals surface area contributed by atoms with Gasteiger partial charge in [-0.1, -0.05) is 37.8 Å². The van der Waals surface area contributed by atoms with Crippen molar-refractivity contribution in [2.75, 3.05) is 0 Å². The zero-order chi connectivity index (χ0) is 11.2. The number of rotatable bonds is 2. The lowest BCUT2D eigenvalue weighted by atomic mass is 9.87. The van der Waals surface area contributed by atoms with Crippen molar-refractivity contribution < 1.29 is 4.79 Å². The van der Waals surface area contributed by atoms with E-state index >= 15 is 0 Å². The predicted octanol–water partition coefficient (Wildman–Crippen LogP) is 4.27. The Kier molecular flexibility index (Phi) is 4.62. The van der Waals surface area contributed by atoms with Gasteiger partial charge in [0.1, 0.15) is 5.78 Å². The zero-order valence-corrected chi connectivity index (χ0v) is 10.3. The lowest BCUT2D eigenvalue weighted by Gasteiger charge is -2.18. The van der Waals surface area contributed by atoms with Gasteiger partial charge in [0.05, 0.1) is 0 Å². The van der Waals surface area contributed by atoms with Crippen LogP contribution in [0.5, 0.6) is 0 Å². The van der Waals surface area contributed by atoms with Gasteiger partial charge in [0.2, 0.25) is 0 Å². The first-order chi connectivity index (χ1) is 7.84. The SMILES string of the molecule is O=C1CCCC[C@H](/C=C/C2CCCCC2)C1. The van der Waals surface area contributed by atoms with Gasteiger partial charge in [-0.25, -0.2) is 0 Å². The minimum absolute atomic E-state index is 0.482. The number of carbonyl (C=O) groups is 1. The molecule has 90 valence electrons. The number of hydrogen-bond acceptors (Lipinski definition) is 1. The summed E-state index contributed by atoms with van der Waals surface area (Å²) >= 11 is 0. The number of Topliss-reactive ketones (excluding diaryl/α,β-unsaturated/α-hetero) is 1. The van der Waals surface area contributed by atoms with Crippen molar-refractivity contribution in [2.24, 2.45) is 11.8 Å². The van der Waals surface area contributed by atoms with Crippen LogP contribution < -0.4 is 0 Å². The molecule has 16 heavy (non-hydrogen) atoms. The molecule has 0 saturated heterocycles. The van der Waals surface area contributed by atoms with Crippen LogP contribution in [0.2, 0.25) is 0 Å². The van der Waals surface area contributed by atoms with Crippen molar-refractivity contribution in [3.05, 3.63) is 12.2 Å². The summed E-state index contributed by atoms with van der Waals surface area (Å²) in [5, 5.41) is 0. The molecule has 0 spiro atoms. The van der Waals surface area contributed by atoms with Crippen LogP contribution in [0, 0.1) is 11.8 Å². The Morgan fingerprint density at radius 1 is 0.812 bits per heavy atom.